The Labute approximate surface area is 182 Å². The molecule has 1 fully saturated rings. The van der Waals surface area contributed by atoms with Gasteiger partial charge in [-0.05, 0) is 24.3 Å². The minimum Gasteiger partial charge on any atom is -0.378 e. The van der Waals surface area contributed by atoms with Crippen molar-refractivity contribution in [2.75, 3.05) is 48.4 Å². The number of nitrogens with zero attached hydrogens (tertiary/aromatic N) is 4. The number of rotatable bonds is 5. The van der Waals surface area contributed by atoms with Gasteiger partial charge in [-0.3, -0.25) is 18.7 Å². The highest BCUT2D eigenvalue weighted by Crippen LogP contribution is 2.24. The molecule has 0 unspecified atom stereocenters. The lowest BCUT2D eigenvalue weighted by molar-refractivity contribution is -0.114. The van der Waals surface area contributed by atoms with E-state index in [1.165, 1.54) is 35.9 Å². The van der Waals surface area contributed by atoms with Crippen LogP contribution in [0.15, 0.2) is 39.9 Å². The number of anilines is 3. The molecule has 1 saturated heterocycles. The van der Waals surface area contributed by atoms with Crippen LogP contribution in [0.5, 0.6) is 0 Å². The number of nitrogens with one attached hydrogen (secondary N) is 2. The van der Waals surface area contributed by atoms with Gasteiger partial charge in [-0.25, -0.2) is 14.2 Å². The molecule has 0 bridgehead atoms. The van der Waals surface area contributed by atoms with E-state index in [0.29, 0.717) is 43.5 Å². The van der Waals surface area contributed by atoms with Gasteiger partial charge in [0.25, 0.3) is 5.56 Å². The fourth-order valence-corrected chi connectivity index (χ4v) is 3.55. The summed E-state index contributed by atoms with van der Waals surface area (Å²) < 4.78 is 20.8. The van der Waals surface area contributed by atoms with E-state index in [4.69, 9.17) is 4.74 Å². The molecule has 1 amide bonds. The number of pyridine rings is 1. The van der Waals surface area contributed by atoms with E-state index in [9.17, 15) is 18.8 Å². The second-order valence-electron chi connectivity index (χ2n) is 7.44. The summed E-state index contributed by atoms with van der Waals surface area (Å²) in [6.45, 7) is 2.16. The number of benzene rings is 1. The highest BCUT2D eigenvalue weighted by Gasteiger charge is 2.20. The number of aromatic nitrogens is 3. The van der Waals surface area contributed by atoms with E-state index in [-0.39, 0.29) is 23.5 Å². The number of carbonyl (C=O) groups excluding carboxylic acids is 1. The molecule has 0 radical (unpaired) electrons. The molecule has 1 aliphatic heterocycles. The summed E-state index contributed by atoms with van der Waals surface area (Å²) in [7, 11) is 2.94. The maximum absolute atomic E-state index is 13.1. The Hall–Kier alpha value is -3.73. The van der Waals surface area contributed by atoms with Gasteiger partial charge in [0.15, 0.2) is 5.65 Å². The van der Waals surface area contributed by atoms with Gasteiger partial charge < -0.3 is 20.3 Å². The molecule has 2 N–H and O–H groups in total. The van der Waals surface area contributed by atoms with Crippen LogP contribution < -0.4 is 26.8 Å². The van der Waals surface area contributed by atoms with Crippen molar-refractivity contribution < 1.29 is 13.9 Å². The third-order valence-electron chi connectivity index (χ3n) is 5.30. The van der Waals surface area contributed by atoms with Crippen molar-refractivity contribution in [3.8, 4) is 0 Å². The van der Waals surface area contributed by atoms with Crippen LogP contribution in [-0.2, 0) is 23.6 Å². The Morgan fingerprint density at radius 3 is 2.50 bits per heavy atom. The van der Waals surface area contributed by atoms with Gasteiger partial charge in [0, 0.05) is 38.9 Å². The van der Waals surface area contributed by atoms with Gasteiger partial charge in [0.2, 0.25) is 5.91 Å². The Morgan fingerprint density at radius 1 is 1.12 bits per heavy atom. The normalized spacial score (nSPS) is 13.9. The largest absolute Gasteiger partial charge is 0.378 e. The van der Waals surface area contributed by atoms with Crippen LogP contribution in [0.2, 0.25) is 0 Å². The third-order valence-corrected chi connectivity index (χ3v) is 5.30. The molecule has 2 aromatic heterocycles. The molecule has 1 aliphatic rings. The summed E-state index contributed by atoms with van der Waals surface area (Å²) in [6.07, 6.45) is 0. The van der Waals surface area contributed by atoms with E-state index in [0.717, 1.165) is 4.57 Å². The summed E-state index contributed by atoms with van der Waals surface area (Å²) in [5.74, 6) is -0.205. The molecule has 1 aromatic carbocycles. The molecule has 4 rings (SSSR count). The van der Waals surface area contributed by atoms with Gasteiger partial charge in [-0.1, -0.05) is 0 Å². The van der Waals surface area contributed by atoms with E-state index in [1.54, 1.807) is 13.1 Å². The van der Waals surface area contributed by atoms with Crippen molar-refractivity contribution >= 4 is 34.1 Å². The smallest absolute Gasteiger partial charge is 0.332 e. The molecule has 3 aromatic rings. The topological polar surface area (TPSA) is 110 Å². The number of morpholine rings is 1. The van der Waals surface area contributed by atoms with E-state index in [1.807, 2.05) is 4.90 Å². The van der Waals surface area contributed by atoms with Gasteiger partial charge in [0.1, 0.15) is 17.0 Å². The molecule has 10 nitrogen and oxygen atoms in total. The van der Waals surface area contributed by atoms with Gasteiger partial charge in [-0.15, -0.1) is 0 Å². The highest BCUT2D eigenvalue weighted by atomic mass is 19.1. The molecule has 32 heavy (non-hydrogen) atoms. The fourth-order valence-electron chi connectivity index (χ4n) is 3.55. The second kappa shape index (κ2) is 8.79. The van der Waals surface area contributed by atoms with Crippen LogP contribution >= 0.6 is 0 Å². The lowest BCUT2D eigenvalue weighted by Gasteiger charge is -2.28. The molecule has 0 atom stereocenters. The number of hydrogen-bond donors (Lipinski definition) is 2. The molecular weight excluding hydrogens is 419 g/mol. The summed E-state index contributed by atoms with van der Waals surface area (Å²) in [5, 5.41) is 5.87. The van der Waals surface area contributed by atoms with Crippen LogP contribution in [0.4, 0.5) is 21.6 Å². The van der Waals surface area contributed by atoms with Crippen molar-refractivity contribution in [1.29, 1.82) is 0 Å². The molecule has 3 heterocycles. The standard InChI is InChI=1S/C21H23FN6O4/c1-26-19-18(20(30)27(2)21(26)31)15(11-16(25-19)28-7-9-32-10-8-28)23-12-17(29)24-14-5-3-13(22)4-6-14/h3-6,11H,7-10,12H2,1-2H3,(H,23,25)(H,24,29). The average molecular weight is 442 g/mol. The van der Waals surface area contributed by atoms with Crippen molar-refractivity contribution in [2.24, 2.45) is 14.1 Å². The first-order chi connectivity index (χ1) is 15.3. The maximum Gasteiger partial charge on any atom is 0.332 e. The van der Waals surface area contributed by atoms with Gasteiger partial charge in [-0.2, -0.15) is 0 Å². The zero-order valence-electron chi connectivity index (χ0n) is 17.7. The van der Waals surface area contributed by atoms with Gasteiger partial charge in [0.05, 0.1) is 25.4 Å². The van der Waals surface area contributed by atoms with Crippen LogP contribution in [-0.4, -0.2) is 52.9 Å². The van der Waals surface area contributed by atoms with Crippen molar-refractivity contribution in [3.05, 3.63) is 57.0 Å². The number of aryl methyl sites for hydroxylation is 1. The zero-order valence-corrected chi connectivity index (χ0v) is 17.7. The van der Waals surface area contributed by atoms with Gasteiger partial charge >= 0.3 is 5.69 Å². The summed E-state index contributed by atoms with van der Waals surface area (Å²) in [4.78, 5) is 44.3. The summed E-state index contributed by atoms with van der Waals surface area (Å²) in [5.41, 5.74) is 0.0651. The lowest BCUT2D eigenvalue weighted by atomic mass is 10.2. The number of hydrogen-bond acceptors (Lipinski definition) is 7. The van der Waals surface area contributed by atoms with Crippen LogP contribution in [0.3, 0.4) is 0 Å². The van der Waals surface area contributed by atoms with Crippen LogP contribution in [0, 0.1) is 5.82 Å². The fraction of sp³-hybridized carbons (Fsp3) is 0.333. The zero-order chi connectivity index (χ0) is 22.8. The SMILES string of the molecule is Cn1c(=O)c2c(NCC(=O)Nc3ccc(F)cc3)cc(N3CCOCC3)nc2n(C)c1=O. The maximum atomic E-state index is 13.1. The Kier molecular flexibility index (Phi) is 5.91. The molecule has 0 spiro atoms. The predicted octanol–water partition coefficient (Wildman–Crippen LogP) is 0.658. The van der Waals surface area contributed by atoms with E-state index >= 15 is 0 Å². The molecular formula is C21H23FN6O4. The second-order valence-corrected chi connectivity index (χ2v) is 7.44. The molecule has 11 heteroatoms. The molecule has 168 valence electrons. The average Bonchev–Trinajstić information content (AvgIpc) is 2.81. The Morgan fingerprint density at radius 2 is 1.81 bits per heavy atom. The van der Waals surface area contributed by atoms with E-state index in [2.05, 4.69) is 15.6 Å². The number of halogens is 1. The van der Waals surface area contributed by atoms with E-state index < -0.39 is 17.1 Å². The molecule has 0 saturated carbocycles. The first kappa shape index (κ1) is 21.5. The van der Waals surface area contributed by atoms with Crippen molar-refractivity contribution in [2.45, 2.75) is 0 Å². The van der Waals surface area contributed by atoms with Crippen molar-refractivity contribution in [1.82, 2.24) is 14.1 Å². The predicted molar refractivity (Wildman–Crippen MR) is 119 cm³/mol. The Bertz CT molecular complexity index is 1280. The Balaban J connectivity index is 1.69. The number of ether oxygens (including phenoxy) is 1. The highest BCUT2D eigenvalue weighted by molar-refractivity contribution is 5.96. The van der Waals surface area contributed by atoms with Crippen LogP contribution in [0.1, 0.15) is 0 Å². The minimum absolute atomic E-state index is 0.148. The first-order valence-electron chi connectivity index (χ1n) is 10.1. The minimum atomic E-state index is -0.509. The number of carbonyl (C=O) groups is 1. The summed E-state index contributed by atoms with van der Waals surface area (Å²) in [6, 6.07) is 7.11. The van der Waals surface area contributed by atoms with Crippen molar-refractivity contribution in [3.63, 3.8) is 0 Å². The van der Waals surface area contributed by atoms with Crippen LogP contribution in [0.25, 0.3) is 11.0 Å². The monoisotopic (exact) mass is 442 g/mol. The third kappa shape index (κ3) is 4.19. The first-order valence-corrected chi connectivity index (χ1v) is 10.1. The molecule has 0 aliphatic carbocycles. The summed E-state index contributed by atoms with van der Waals surface area (Å²) >= 11 is 0. The lowest BCUT2D eigenvalue weighted by Crippen LogP contribution is -2.39. The number of fused-ring (bicyclic) bond motifs is 1. The number of amides is 1. The quantitative estimate of drug-likeness (QED) is 0.597.